The largest absolute Gasteiger partial charge is 0.417 e. The monoisotopic (exact) mass is 983 g/mol. The molecule has 0 saturated carbocycles. The van der Waals surface area contributed by atoms with Crippen LogP contribution in [0.5, 0.6) is 0 Å². The third-order valence-electron chi connectivity index (χ3n) is 12.5. The summed E-state index contributed by atoms with van der Waals surface area (Å²) < 4.78 is 41.8. The number of halogens is 3. The number of carbonyl (C=O) groups excluding carboxylic acids is 5. The van der Waals surface area contributed by atoms with Crippen LogP contribution in [0, 0.1) is 12.3 Å². The maximum atomic E-state index is 14.2. The van der Waals surface area contributed by atoms with Crippen molar-refractivity contribution in [3.8, 4) is 21.6 Å². The zero-order chi connectivity index (χ0) is 50.7. The Labute approximate surface area is 406 Å². The van der Waals surface area contributed by atoms with Crippen molar-refractivity contribution in [3.05, 3.63) is 123 Å². The van der Waals surface area contributed by atoms with E-state index < -0.39 is 88.6 Å². The lowest BCUT2D eigenvalue weighted by Crippen LogP contribution is -2.58. The molecule has 5 amide bonds. The minimum absolute atomic E-state index is 0.00370. The van der Waals surface area contributed by atoms with Crippen molar-refractivity contribution in [2.24, 2.45) is 5.41 Å². The molecule has 7 rings (SSSR count). The number of nitrogens with one attached hydrogen (secondary N) is 5. The van der Waals surface area contributed by atoms with Crippen LogP contribution >= 0.6 is 11.3 Å². The Morgan fingerprint density at radius 2 is 1.59 bits per heavy atom. The third-order valence-corrected chi connectivity index (χ3v) is 13.5. The predicted octanol–water partition coefficient (Wildman–Crippen LogP) is 5.60. The first-order chi connectivity index (χ1) is 33.1. The Morgan fingerprint density at radius 1 is 0.900 bits per heavy atom. The first kappa shape index (κ1) is 51.0. The lowest BCUT2D eigenvalue weighted by atomic mass is 9.85. The molecule has 0 aliphatic carbocycles. The Morgan fingerprint density at radius 3 is 2.24 bits per heavy atom. The number of amides is 5. The average Bonchev–Trinajstić information content (AvgIpc) is 3.94. The Kier molecular flexibility index (Phi) is 15.3. The molecule has 2 aliphatic rings. The fourth-order valence-electron chi connectivity index (χ4n) is 8.55. The van der Waals surface area contributed by atoms with Gasteiger partial charge in [-0.05, 0) is 72.8 Å². The second kappa shape index (κ2) is 21.0. The molecule has 2 aliphatic heterocycles. The number of aliphatic hydroxyl groups excluding tert-OH is 1. The van der Waals surface area contributed by atoms with Gasteiger partial charge in [0.1, 0.15) is 12.1 Å². The highest BCUT2D eigenvalue weighted by molar-refractivity contribution is 7.13. The van der Waals surface area contributed by atoms with Crippen LogP contribution in [0.3, 0.4) is 0 Å². The van der Waals surface area contributed by atoms with Gasteiger partial charge in [0, 0.05) is 57.0 Å². The van der Waals surface area contributed by atoms with Gasteiger partial charge in [0.2, 0.25) is 23.3 Å². The van der Waals surface area contributed by atoms with E-state index in [4.69, 9.17) is 0 Å². The van der Waals surface area contributed by atoms with Gasteiger partial charge in [0.15, 0.2) is 0 Å². The Hall–Kier alpha value is -6.90. The molecule has 2 aromatic heterocycles. The highest BCUT2D eigenvalue weighted by Crippen LogP contribution is 2.36. The van der Waals surface area contributed by atoms with Crippen molar-refractivity contribution in [2.75, 3.05) is 56.5 Å². The number of hydrogen-bond donors (Lipinski definition) is 6. The summed E-state index contributed by atoms with van der Waals surface area (Å²) in [7, 11) is 1.96. The van der Waals surface area contributed by atoms with Crippen molar-refractivity contribution in [1.82, 2.24) is 35.7 Å². The number of anilines is 2. The predicted molar refractivity (Wildman–Crippen MR) is 260 cm³/mol. The molecular weight excluding hydrogens is 928 g/mol. The van der Waals surface area contributed by atoms with Gasteiger partial charge in [-0.25, -0.2) is 4.98 Å². The van der Waals surface area contributed by atoms with Crippen LogP contribution in [0.1, 0.15) is 77.7 Å². The van der Waals surface area contributed by atoms with Crippen molar-refractivity contribution in [2.45, 2.75) is 71.4 Å². The van der Waals surface area contributed by atoms with Crippen molar-refractivity contribution < 1.29 is 42.3 Å². The number of alkyl halides is 3. The molecule has 0 bridgehead atoms. The van der Waals surface area contributed by atoms with E-state index in [0.717, 1.165) is 27.9 Å². The number of thiazole rings is 1. The fraction of sp³-hybridized carbons (Fsp3) is 0.380. The number of aryl methyl sites for hydroxylation is 1. The zero-order valence-corrected chi connectivity index (χ0v) is 40.4. The number of hydrogen-bond acceptors (Lipinski definition) is 11. The molecule has 16 nitrogen and oxygen atoms in total. The Bertz CT molecular complexity index is 2820. The summed E-state index contributed by atoms with van der Waals surface area (Å²) in [5.41, 5.74) is 2.48. The van der Waals surface area contributed by atoms with E-state index in [-0.39, 0.29) is 24.2 Å². The summed E-state index contributed by atoms with van der Waals surface area (Å²) in [5.74, 6) is -3.42. The highest BCUT2D eigenvalue weighted by atomic mass is 32.1. The smallest absolute Gasteiger partial charge is 0.391 e. The number of pyridine rings is 1. The molecule has 370 valence electrons. The number of aromatic nitrogens is 2. The second-order valence-electron chi connectivity index (χ2n) is 18.7. The maximum Gasteiger partial charge on any atom is 0.417 e. The average molecular weight is 984 g/mol. The van der Waals surface area contributed by atoms with Gasteiger partial charge in [-0.3, -0.25) is 28.8 Å². The topological polar surface area (TPSA) is 209 Å². The Balaban J connectivity index is 1.02. The lowest BCUT2D eigenvalue weighted by Gasteiger charge is -2.35. The van der Waals surface area contributed by atoms with Gasteiger partial charge in [-0.15, -0.1) is 11.3 Å². The van der Waals surface area contributed by atoms with Crippen LogP contribution in [0.15, 0.2) is 89.3 Å². The number of likely N-dealkylation sites (tertiary alicyclic amines) is 1. The summed E-state index contributed by atoms with van der Waals surface area (Å²) in [6.45, 7) is 10.9. The van der Waals surface area contributed by atoms with E-state index in [0.29, 0.717) is 49.1 Å². The molecular formula is C50H56F3N9O7S. The van der Waals surface area contributed by atoms with Gasteiger partial charge in [-0.1, -0.05) is 63.2 Å². The molecule has 4 heterocycles. The van der Waals surface area contributed by atoms with Gasteiger partial charge in [0.25, 0.3) is 11.8 Å². The summed E-state index contributed by atoms with van der Waals surface area (Å²) >= 11 is 1.54. The summed E-state index contributed by atoms with van der Waals surface area (Å²) in [4.78, 5) is 93.3. The number of rotatable bonds is 13. The van der Waals surface area contributed by atoms with Crippen LogP contribution in [0.2, 0.25) is 0 Å². The molecule has 0 radical (unpaired) electrons. The van der Waals surface area contributed by atoms with E-state index in [1.807, 2.05) is 50.1 Å². The molecule has 70 heavy (non-hydrogen) atoms. The molecule has 0 spiro atoms. The van der Waals surface area contributed by atoms with Crippen LogP contribution in [-0.4, -0.2) is 119 Å². The van der Waals surface area contributed by atoms with Gasteiger partial charge >= 0.3 is 6.18 Å². The molecule has 0 unspecified atom stereocenters. The molecule has 2 saturated heterocycles. The number of piperazine rings is 1. The quantitative estimate of drug-likeness (QED) is 0.0861. The van der Waals surface area contributed by atoms with E-state index in [1.54, 1.807) is 62.7 Å². The summed E-state index contributed by atoms with van der Waals surface area (Å²) in [6, 6.07) is 17.0. The first-order valence-corrected chi connectivity index (χ1v) is 23.6. The number of aromatic amines is 1. The van der Waals surface area contributed by atoms with Crippen molar-refractivity contribution >= 4 is 52.2 Å². The number of H-pyrrole nitrogens is 1. The molecule has 20 heteroatoms. The number of nitrogens with zero attached hydrogens (tertiary/aromatic N) is 4. The van der Waals surface area contributed by atoms with Crippen molar-refractivity contribution in [1.29, 1.82) is 0 Å². The molecule has 6 N–H and O–H groups in total. The molecule has 4 atom stereocenters. The van der Waals surface area contributed by atoms with E-state index in [1.165, 1.54) is 22.3 Å². The second-order valence-corrected chi connectivity index (χ2v) is 19.6. The molecule has 3 aromatic carbocycles. The summed E-state index contributed by atoms with van der Waals surface area (Å²) in [6.07, 6.45) is -5.22. The van der Waals surface area contributed by atoms with E-state index >= 15 is 0 Å². The first-order valence-electron chi connectivity index (χ1n) is 22.7. The number of benzene rings is 3. The van der Waals surface area contributed by atoms with Crippen LogP contribution in [0.4, 0.5) is 24.5 Å². The number of aliphatic hydroxyl groups is 1. The number of β-amino-alcohol motifs (C(OH)–C–C–N with tert-alkyl or cyclic N) is 1. The van der Waals surface area contributed by atoms with Crippen LogP contribution in [-0.2, 0) is 20.6 Å². The standard InChI is InChI=1S/C50H56F3N9O7S/c1-28(30-10-12-31(13-11-30)43-29(2)56-27-70-43)57-47(68)40-22-35(63)26-62(40)48(69)44(49(3,4)5)59-42(65)25-55-45(66)34-9-7-8-32(20-34)33-14-15-39(61-18-16-60(6)17-19-61)38(21-33)58-46(67)36-24-54-41(64)23-37(36)50(51,52)53/h7-15,20-21,23-24,27-28,35,40,44,63H,16-19,22,25-26H2,1-6H3,(H,54,64)(H,55,66)(H,57,68)(H,58,67)(H,59,65)/t28-,35+,40-,44+/m0/s1. The third kappa shape index (κ3) is 11.9. The van der Waals surface area contributed by atoms with Gasteiger partial charge in [-0.2, -0.15) is 13.2 Å². The normalized spacial score (nSPS) is 17.4. The number of likely N-dealkylation sites (N-methyl/N-ethyl adjacent to an activating group) is 1. The fourth-order valence-corrected chi connectivity index (χ4v) is 9.36. The van der Waals surface area contributed by atoms with Crippen molar-refractivity contribution in [3.63, 3.8) is 0 Å². The minimum atomic E-state index is -4.98. The van der Waals surface area contributed by atoms with Crippen LogP contribution in [0.25, 0.3) is 21.6 Å². The minimum Gasteiger partial charge on any atom is -0.391 e. The van der Waals surface area contributed by atoms with Crippen LogP contribution < -0.4 is 31.7 Å². The number of carbonyl (C=O) groups is 5. The molecule has 5 aromatic rings. The summed E-state index contributed by atoms with van der Waals surface area (Å²) in [5, 5.41) is 21.6. The van der Waals surface area contributed by atoms with E-state index in [2.05, 4.69) is 36.1 Å². The highest BCUT2D eigenvalue weighted by Gasteiger charge is 2.45. The van der Waals surface area contributed by atoms with E-state index in [9.17, 15) is 47.0 Å². The zero-order valence-electron chi connectivity index (χ0n) is 39.6. The molecule has 2 fully saturated rings. The lowest BCUT2D eigenvalue weighted by molar-refractivity contribution is -0.144. The van der Waals surface area contributed by atoms with Gasteiger partial charge in [0.05, 0.1) is 57.3 Å². The maximum absolute atomic E-state index is 14.2. The SMILES string of the molecule is Cc1ncsc1-c1ccc([C@H](C)NC(=O)[C@@H]2C[C@@H](O)CN2C(=O)[C@@H](NC(=O)CNC(=O)c2cccc(-c3ccc(N4CCN(C)CC4)c(NC(=O)c4c[nH]c(=O)cc4C(F)(F)F)c3)c2)C(C)(C)C)cc1. The van der Waals surface area contributed by atoms with Gasteiger partial charge < -0.3 is 46.1 Å².